The van der Waals surface area contributed by atoms with Crippen LogP contribution in [0.1, 0.15) is 20.7 Å². The van der Waals surface area contributed by atoms with Gasteiger partial charge in [0.15, 0.2) is 0 Å². The first-order chi connectivity index (χ1) is 7.65. The van der Waals surface area contributed by atoms with Crippen LogP contribution in [0.25, 0.3) is 0 Å². The molecule has 0 spiro atoms. The molecule has 0 fully saturated rings. The molecule has 0 radical (unpaired) electrons. The van der Waals surface area contributed by atoms with Gasteiger partial charge >= 0.3 is 0 Å². The second kappa shape index (κ2) is 4.01. The highest BCUT2D eigenvalue weighted by atomic mass is 16.2. The van der Waals surface area contributed by atoms with Crippen molar-refractivity contribution < 1.29 is 9.59 Å². The van der Waals surface area contributed by atoms with Gasteiger partial charge in [-0.2, -0.15) is 10.1 Å². The molecule has 1 aromatic rings. The lowest BCUT2D eigenvalue weighted by Crippen LogP contribution is -2.54. The molecule has 2 rings (SSSR count). The Bertz CT molecular complexity index is 411. The van der Waals surface area contributed by atoms with Gasteiger partial charge in [0.1, 0.15) is 0 Å². The number of hydrazine groups is 3. The molecule has 0 bridgehead atoms. The van der Waals surface area contributed by atoms with Gasteiger partial charge in [0.05, 0.1) is 11.1 Å². The minimum Gasteiger partial charge on any atom is -0.267 e. The third-order valence-corrected chi connectivity index (χ3v) is 2.38. The number of amides is 2. The van der Waals surface area contributed by atoms with Crippen LogP contribution in [-0.2, 0) is 0 Å². The normalized spacial score (nSPS) is 14.8. The Balaban J connectivity index is 2.28. The number of hydrogen-bond donors (Lipinski definition) is 2. The number of benzene rings is 1. The Hall–Kier alpha value is -1.76. The molecule has 84 valence electrons. The highest BCUT2D eigenvalue weighted by molar-refractivity contribution is 6.20. The lowest BCUT2D eigenvalue weighted by molar-refractivity contribution is 0.0173. The number of nitrogens with one attached hydrogen (secondary N) is 2. The molecule has 0 saturated carbocycles. The van der Waals surface area contributed by atoms with Crippen molar-refractivity contribution in [2.45, 2.75) is 0 Å². The Morgan fingerprint density at radius 2 is 1.62 bits per heavy atom. The third kappa shape index (κ3) is 1.58. The first-order valence-electron chi connectivity index (χ1n) is 4.80. The zero-order valence-corrected chi connectivity index (χ0v) is 9.02. The van der Waals surface area contributed by atoms with Crippen LogP contribution in [0.3, 0.4) is 0 Å². The largest absolute Gasteiger partial charge is 0.277 e. The number of fused-ring (bicyclic) bond motifs is 1. The summed E-state index contributed by atoms with van der Waals surface area (Å²) >= 11 is 0. The summed E-state index contributed by atoms with van der Waals surface area (Å²) in [6.07, 6.45) is 0. The summed E-state index contributed by atoms with van der Waals surface area (Å²) in [4.78, 5) is 23.7. The molecule has 16 heavy (non-hydrogen) atoms. The monoisotopic (exact) mass is 220 g/mol. The number of imide groups is 1. The predicted molar refractivity (Wildman–Crippen MR) is 56.9 cm³/mol. The molecule has 1 heterocycles. The Labute approximate surface area is 92.7 Å². The number of carbonyl (C=O) groups excluding carboxylic acids is 2. The van der Waals surface area contributed by atoms with Gasteiger partial charge in [0.2, 0.25) is 0 Å². The third-order valence-electron chi connectivity index (χ3n) is 2.38. The van der Waals surface area contributed by atoms with Crippen LogP contribution in [0.5, 0.6) is 0 Å². The molecule has 0 aliphatic carbocycles. The fourth-order valence-electron chi connectivity index (χ4n) is 1.48. The average Bonchev–Trinajstić information content (AvgIpc) is 2.55. The second-order valence-corrected chi connectivity index (χ2v) is 3.37. The van der Waals surface area contributed by atoms with E-state index < -0.39 is 0 Å². The standard InChI is InChI=1S/C10H12N4O2/c1-11-13(2)12-14-9(15)7-5-3-4-6-8(7)10(14)16/h3-6,11-12H,1-2H3. The summed E-state index contributed by atoms with van der Waals surface area (Å²) in [6.45, 7) is 0. The molecule has 1 aliphatic heterocycles. The van der Waals surface area contributed by atoms with Gasteiger partial charge < -0.3 is 0 Å². The molecule has 0 unspecified atom stereocenters. The first-order valence-corrected chi connectivity index (χ1v) is 4.80. The number of carbonyl (C=O) groups is 2. The van der Waals surface area contributed by atoms with Crippen LogP contribution in [0.4, 0.5) is 0 Å². The van der Waals surface area contributed by atoms with Crippen molar-refractivity contribution in [2.75, 3.05) is 14.1 Å². The van der Waals surface area contributed by atoms with E-state index in [-0.39, 0.29) is 11.8 Å². The van der Waals surface area contributed by atoms with Gasteiger partial charge in [-0.25, -0.2) is 5.43 Å². The van der Waals surface area contributed by atoms with Crippen molar-refractivity contribution in [1.29, 1.82) is 0 Å². The number of rotatable bonds is 3. The lowest BCUT2D eigenvalue weighted by atomic mass is 10.1. The van der Waals surface area contributed by atoms with Gasteiger partial charge in [-0.3, -0.25) is 9.59 Å². The maximum atomic E-state index is 11.8. The second-order valence-electron chi connectivity index (χ2n) is 3.37. The summed E-state index contributed by atoms with van der Waals surface area (Å²) < 4.78 is 0. The van der Waals surface area contributed by atoms with E-state index >= 15 is 0 Å². The van der Waals surface area contributed by atoms with E-state index in [0.29, 0.717) is 11.1 Å². The predicted octanol–water partition coefficient (Wildman–Crippen LogP) is -0.232. The van der Waals surface area contributed by atoms with Crippen LogP contribution in [0.2, 0.25) is 0 Å². The molecular weight excluding hydrogens is 208 g/mol. The summed E-state index contributed by atoms with van der Waals surface area (Å²) in [5, 5.41) is 2.39. The zero-order valence-electron chi connectivity index (χ0n) is 9.02. The fourth-order valence-corrected chi connectivity index (χ4v) is 1.48. The Morgan fingerprint density at radius 3 is 2.06 bits per heavy atom. The highest BCUT2D eigenvalue weighted by Gasteiger charge is 2.35. The molecule has 1 aromatic carbocycles. The van der Waals surface area contributed by atoms with Gasteiger partial charge in [0.25, 0.3) is 11.8 Å². The van der Waals surface area contributed by atoms with E-state index in [0.717, 1.165) is 5.01 Å². The molecule has 6 heteroatoms. The van der Waals surface area contributed by atoms with Crippen molar-refractivity contribution in [3.05, 3.63) is 35.4 Å². The van der Waals surface area contributed by atoms with Crippen LogP contribution in [0.15, 0.2) is 24.3 Å². The van der Waals surface area contributed by atoms with Crippen LogP contribution in [-0.4, -0.2) is 36.0 Å². The van der Waals surface area contributed by atoms with E-state index in [1.54, 1.807) is 38.4 Å². The quantitative estimate of drug-likeness (QED) is 0.544. The van der Waals surface area contributed by atoms with Crippen molar-refractivity contribution in [2.24, 2.45) is 0 Å². The molecule has 1 aliphatic rings. The van der Waals surface area contributed by atoms with Gasteiger partial charge in [-0.1, -0.05) is 12.1 Å². The molecular formula is C10H12N4O2. The van der Waals surface area contributed by atoms with E-state index in [2.05, 4.69) is 11.0 Å². The molecule has 0 atom stereocenters. The summed E-state index contributed by atoms with van der Waals surface area (Å²) in [6, 6.07) is 6.73. The van der Waals surface area contributed by atoms with Crippen molar-refractivity contribution >= 4 is 11.8 Å². The van der Waals surface area contributed by atoms with Crippen molar-refractivity contribution in [1.82, 2.24) is 21.1 Å². The molecule has 6 nitrogen and oxygen atoms in total. The smallest absolute Gasteiger partial charge is 0.267 e. The molecule has 2 N–H and O–H groups in total. The van der Waals surface area contributed by atoms with Gasteiger partial charge in [-0.15, -0.1) is 5.53 Å². The summed E-state index contributed by atoms with van der Waals surface area (Å²) in [7, 11) is 3.33. The zero-order chi connectivity index (χ0) is 11.7. The van der Waals surface area contributed by atoms with Gasteiger partial charge in [0, 0.05) is 14.1 Å². The van der Waals surface area contributed by atoms with E-state index in [4.69, 9.17) is 0 Å². The first kappa shape index (κ1) is 10.7. The number of hydrogen-bond acceptors (Lipinski definition) is 5. The Morgan fingerprint density at radius 1 is 1.12 bits per heavy atom. The molecule has 0 saturated heterocycles. The Kier molecular flexibility index (Phi) is 2.69. The summed E-state index contributed by atoms with van der Waals surface area (Å²) in [5.74, 6) is -0.689. The minimum absolute atomic E-state index is 0.345. The van der Waals surface area contributed by atoms with E-state index in [9.17, 15) is 9.59 Å². The minimum atomic E-state index is -0.345. The maximum absolute atomic E-state index is 11.8. The fraction of sp³-hybridized carbons (Fsp3) is 0.200. The lowest BCUT2D eigenvalue weighted by Gasteiger charge is -2.22. The maximum Gasteiger partial charge on any atom is 0.277 e. The van der Waals surface area contributed by atoms with Crippen LogP contribution < -0.4 is 11.0 Å². The van der Waals surface area contributed by atoms with E-state index in [1.807, 2.05) is 0 Å². The van der Waals surface area contributed by atoms with Crippen molar-refractivity contribution in [3.8, 4) is 0 Å². The molecule has 0 aromatic heterocycles. The van der Waals surface area contributed by atoms with Crippen LogP contribution >= 0.6 is 0 Å². The number of nitrogens with zero attached hydrogens (tertiary/aromatic N) is 2. The average molecular weight is 220 g/mol. The SMILES string of the molecule is CNN(C)NN1C(=O)c2ccccc2C1=O. The topological polar surface area (TPSA) is 64.7 Å². The summed E-state index contributed by atoms with van der Waals surface area (Å²) in [5.41, 5.74) is 6.21. The van der Waals surface area contributed by atoms with Crippen LogP contribution in [0, 0.1) is 0 Å². The molecule has 2 amide bonds. The van der Waals surface area contributed by atoms with Gasteiger partial charge in [-0.05, 0) is 12.1 Å². The highest BCUT2D eigenvalue weighted by Crippen LogP contribution is 2.20. The van der Waals surface area contributed by atoms with Crippen molar-refractivity contribution in [3.63, 3.8) is 0 Å². The van der Waals surface area contributed by atoms with E-state index in [1.165, 1.54) is 5.12 Å².